The van der Waals surface area contributed by atoms with Crippen LogP contribution >= 0.6 is 0 Å². The molecule has 1 atom stereocenters. The van der Waals surface area contributed by atoms with Crippen LogP contribution in [0.1, 0.15) is 31.9 Å². The summed E-state index contributed by atoms with van der Waals surface area (Å²) < 4.78 is 5.30. The van der Waals surface area contributed by atoms with Crippen molar-refractivity contribution in [1.82, 2.24) is 0 Å². The van der Waals surface area contributed by atoms with Crippen LogP contribution in [0.4, 0.5) is 0 Å². The predicted octanol–water partition coefficient (Wildman–Crippen LogP) is 2.07. The number of rotatable bonds is 5. The highest BCUT2D eigenvalue weighted by molar-refractivity contribution is 5.35. The van der Waals surface area contributed by atoms with Crippen LogP contribution in [-0.2, 0) is 0 Å². The summed E-state index contributed by atoms with van der Waals surface area (Å²) >= 11 is 0. The van der Waals surface area contributed by atoms with E-state index in [4.69, 9.17) is 16.2 Å². The average molecular weight is 222 g/mol. The Morgan fingerprint density at radius 2 is 1.94 bits per heavy atom. The minimum atomic E-state index is -0.0327. The van der Waals surface area contributed by atoms with Crippen LogP contribution in [0.3, 0.4) is 0 Å². The molecule has 0 saturated heterocycles. The van der Waals surface area contributed by atoms with Gasteiger partial charge in [-0.2, -0.15) is 0 Å². The van der Waals surface area contributed by atoms with Crippen molar-refractivity contribution in [1.29, 1.82) is 0 Å². The van der Waals surface area contributed by atoms with Crippen LogP contribution in [0, 0.1) is 5.41 Å². The zero-order valence-corrected chi connectivity index (χ0v) is 10.4. The molecule has 0 aliphatic rings. The highest BCUT2D eigenvalue weighted by atomic mass is 16.5. The molecule has 1 aromatic rings. The van der Waals surface area contributed by atoms with Gasteiger partial charge in [0.25, 0.3) is 0 Å². The van der Waals surface area contributed by atoms with E-state index in [1.165, 1.54) is 0 Å². The monoisotopic (exact) mass is 222 g/mol. The lowest BCUT2D eigenvalue weighted by Gasteiger charge is -2.27. The van der Waals surface area contributed by atoms with Gasteiger partial charge in [-0.05, 0) is 24.4 Å². The van der Waals surface area contributed by atoms with Crippen LogP contribution in [0.25, 0.3) is 0 Å². The van der Waals surface area contributed by atoms with Gasteiger partial charge in [-0.25, -0.2) is 0 Å². The van der Waals surface area contributed by atoms with Crippen molar-refractivity contribution < 1.29 is 4.74 Å². The van der Waals surface area contributed by atoms with Crippen LogP contribution in [0.5, 0.6) is 5.75 Å². The Hall–Kier alpha value is -1.06. The summed E-state index contributed by atoms with van der Waals surface area (Å²) in [5, 5.41) is 0. The zero-order chi connectivity index (χ0) is 12.2. The minimum absolute atomic E-state index is 0.0327. The quantitative estimate of drug-likeness (QED) is 0.801. The predicted molar refractivity (Wildman–Crippen MR) is 67.4 cm³/mol. The number of ether oxygens (including phenoxy) is 1. The van der Waals surface area contributed by atoms with E-state index >= 15 is 0 Å². The van der Waals surface area contributed by atoms with Gasteiger partial charge in [0.1, 0.15) is 5.75 Å². The number of benzene rings is 1. The Bertz CT molecular complexity index is 336. The first-order chi connectivity index (χ1) is 7.50. The molecule has 1 aromatic carbocycles. The third-order valence-corrected chi connectivity index (χ3v) is 2.86. The van der Waals surface area contributed by atoms with Crippen molar-refractivity contribution in [3.8, 4) is 5.75 Å². The minimum Gasteiger partial charge on any atom is -0.496 e. The average Bonchev–Trinajstić information content (AvgIpc) is 2.28. The smallest absolute Gasteiger partial charge is 0.123 e. The number of nitrogens with two attached hydrogens (primary N) is 2. The molecule has 0 aliphatic carbocycles. The van der Waals surface area contributed by atoms with Crippen LogP contribution in [-0.4, -0.2) is 13.7 Å². The van der Waals surface area contributed by atoms with Crippen molar-refractivity contribution in [3.63, 3.8) is 0 Å². The molecule has 3 heteroatoms. The van der Waals surface area contributed by atoms with Gasteiger partial charge in [-0.1, -0.05) is 32.0 Å². The first-order valence-corrected chi connectivity index (χ1v) is 5.59. The van der Waals surface area contributed by atoms with E-state index in [-0.39, 0.29) is 11.5 Å². The van der Waals surface area contributed by atoms with Crippen molar-refractivity contribution >= 4 is 0 Å². The molecular weight excluding hydrogens is 200 g/mol. The third-order valence-electron chi connectivity index (χ3n) is 2.86. The fourth-order valence-corrected chi connectivity index (χ4v) is 1.76. The second-order valence-electron chi connectivity index (χ2n) is 4.92. The molecule has 1 unspecified atom stereocenters. The molecule has 0 amide bonds. The highest BCUT2D eigenvalue weighted by Gasteiger charge is 2.22. The van der Waals surface area contributed by atoms with Crippen LogP contribution in [0.15, 0.2) is 24.3 Å². The largest absolute Gasteiger partial charge is 0.496 e. The number of para-hydroxylation sites is 1. The molecule has 0 bridgehead atoms. The molecule has 3 nitrogen and oxygen atoms in total. The van der Waals surface area contributed by atoms with Crippen LogP contribution in [0.2, 0.25) is 0 Å². The van der Waals surface area contributed by atoms with Crippen molar-refractivity contribution in [2.24, 2.45) is 16.9 Å². The molecule has 0 spiro atoms. The second-order valence-corrected chi connectivity index (χ2v) is 4.92. The topological polar surface area (TPSA) is 61.3 Å². The number of hydrogen-bond acceptors (Lipinski definition) is 3. The summed E-state index contributed by atoms with van der Waals surface area (Å²) in [6.07, 6.45) is 0.851. The van der Waals surface area contributed by atoms with Gasteiger partial charge in [-0.3, -0.25) is 0 Å². The van der Waals surface area contributed by atoms with Gasteiger partial charge in [0.2, 0.25) is 0 Å². The Labute approximate surface area is 97.8 Å². The summed E-state index contributed by atoms with van der Waals surface area (Å²) in [6.45, 7) is 4.89. The van der Waals surface area contributed by atoms with Crippen LogP contribution < -0.4 is 16.2 Å². The first kappa shape index (κ1) is 13.0. The van der Waals surface area contributed by atoms with E-state index in [9.17, 15) is 0 Å². The summed E-state index contributed by atoms with van der Waals surface area (Å²) in [7, 11) is 1.67. The maximum atomic E-state index is 6.20. The molecule has 4 N–H and O–H groups in total. The van der Waals surface area contributed by atoms with E-state index in [1.54, 1.807) is 7.11 Å². The summed E-state index contributed by atoms with van der Waals surface area (Å²) in [5.41, 5.74) is 13.0. The van der Waals surface area contributed by atoms with E-state index < -0.39 is 0 Å². The van der Waals surface area contributed by atoms with Gasteiger partial charge in [-0.15, -0.1) is 0 Å². The molecule has 0 aromatic heterocycles. The SMILES string of the molecule is COc1ccccc1C(N)CC(C)(C)CN. The van der Waals surface area contributed by atoms with Gasteiger partial charge in [0, 0.05) is 11.6 Å². The fourth-order valence-electron chi connectivity index (χ4n) is 1.76. The van der Waals surface area contributed by atoms with Crippen molar-refractivity contribution in [2.45, 2.75) is 26.3 Å². The molecule has 0 aliphatic heterocycles. The summed E-state index contributed by atoms with van der Waals surface area (Å²) in [5.74, 6) is 0.850. The van der Waals surface area contributed by atoms with Gasteiger partial charge in [0.15, 0.2) is 0 Å². The lowest BCUT2D eigenvalue weighted by atomic mass is 9.84. The lowest BCUT2D eigenvalue weighted by Crippen LogP contribution is -2.28. The Balaban J connectivity index is 2.84. The normalized spacial score (nSPS) is 13.6. The standard InChI is InChI=1S/C13H22N2O/c1-13(2,9-14)8-11(15)10-6-4-5-7-12(10)16-3/h4-7,11H,8-9,14-15H2,1-3H3. The molecule has 0 fully saturated rings. The van der Waals surface area contributed by atoms with Gasteiger partial charge in [0.05, 0.1) is 7.11 Å². The molecule has 0 heterocycles. The fraction of sp³-hybridized carbons (Fsp3) is 0.538. The lowest BCUT2D eigenvalue weighted by molar-refractivity contribution is 0.312. The van der Waals surface area contributed by atoms with Gasteiger partial charge < -0.3 is 16.2 Å². The molecule has 0 saturated carbocycles. The number of hydrogen-bond donors (Lipinski definition) is 2. The Morgan fingerprint density at radius 1 is 1.31 bits per heavy atom. The Kier molecular flexibility index (Phi) is 4.33. The van der Waals surface area contributed by atoms with Crippen molar-refractivity contribution in [2.75, 3.05) is 13.7 Å². The molecule has 16 heavy (non-hydrogen) atoms. The maximum absolute atomic E-state index is 6.20. The van der Waals surface area contributed by atoms with Gasteiger partial charge >= 0.3 is 0 Å². The summed E-state index contributed by atoms with van der Waals surface area (Å²) in [6, 6.07) is 7.84. The molecule has 1 rings (SSSR count). The van der Waals surface area contributed by atoms with E-state index in [0.717, 1.165) is 17.7 Å². The molecule has 90 valence electrons. The zero-order valence-electron chi connectivity index (χ0n) is 10.4. The Morgan fingerprint density at radius 3 is 2.50 bits per heavy atom. The number of methoxy groups -OCH3 is 1. The van der Waals surface area contributed by atoms with E-state index in [1.807, 2.05) is 24.3 Å². The van der Waals surface area contributed by atoms with E-state index in [0.29, 0.717) is 6.54 Å². The first-order valence-electron chi connectivity index (χ1n) is 5.59. The van der Waals surface area contributed by atoms with E-state index in [2.05, 4.69) is 13.8 Å². The van der Waals surface area contributed by atoms with Crippen molar-refractivity contribution in [3.05, 3.63) is 29.8 Å². The third kappa shape index (κ3) is 3.22. The highest BCUT2D eigenvalue weighted by Crippen LogP contribution is 2.31. The second kappa shape index (κ2) is 5.32. The maximum Gasteiger partial charge on any atom is 0.123 e. The summed E-state index contributed by atoms with van der Waals surface area (Å²) in [4.78, 5) is 0. The molecule has 0 radical (unpaired) electrons. The molecular formula is C13H22N2O.